The highest BCUT2D eigenvalue weighted by atomic mass is 35.5. The SMILES string of the molecule is CCC(CC)CN(CC)C(=O)C1CCCCN1.Cl. The first-order chi connectivity index (χ1) is 8.22. The van der Waals surface area contributed by atoms with Gasteiger partial charge in [-0.2, -0.15) is 0 Å². The van der Waals surface area contributed by atoms with E-state index in [9.17, 15) is 4.79 Å². The van der Waals surface area contributed by atoms with Gasteiger partial charge in [0.1, 0.15) is 0 Å². The first-order valence-corrected chi connectivity index (χ1v) is 7.25. The van der Waals surface area contributed by atoms with E-state index < -0.39 is 0 Å². The maximum absolute atomic E-state index is 12.4. The van der Waals surface area contributed by atoms with Crippen molar-refractivity contribution in [3.63, 3.8) is 0 Å². The van der Waals surface area contributed by atoms with E-state index in [0.717, 1.165) is 26.1 Å². The van der Waals surface area contributed by atoms with Crippen LogP contribution in [0.15, 0.2) is 0 Å². The van der Waals surface area contributed by atoms with Crippen LogP contribution in [-0.2, 0) is 4.79 Å². The number of rotatable bonds is 6. The number of nitrogens with zero attached hydrogens (tertiary/aromatic N) is 1. The third kappa shape index (κ3) is 5.15. The predicted octanol–water partition coefficient (Wildman–Crippen LogP) is 2.84. The highest BCUT2D eigenvalue weighted by molar-refractivity contribution is 5.85. The Hall–Kier alpha value is -0.280. The molecule has 1 unspecified atom stereocenters. The number of amides is 1. The zero-order valence-electron chi connectivity index (χ0n) is 12.1. The van der Waals surface area contributed by atoms with Crippen LogP contribution in [0.4, 0.5) is 0 Å². The molecule has 0 aromatic rings. The van der Waals surface area contributed by atoms with Crippen LogP contribution in [0.3, 0.4) is 0 Å². The maximum Gasteiger partial charge on any atom is 0.239 e. The van der Waals surface area contributed by atoms with Crippen LogP contribution < -0.4 is 5.32 Å². The molecule has 0 aromatic carbocycles. The minimum atomic E-state index is 0. The van der Waals surface area contributed by atoms with Crippen LogP contribution in [0.25, 0.3) is 0 Å². The van der Waals surface area contributed by atoms with Crippen molar-refractivity contribution in [1.82, 2.24) is 10.2 Å². The van der Waals surface area contributed by atoms with E-state index in [4.69, 9.17) is 0 Å². The fourth-order valence-electron chi connectivity index (χ4n) is 2.52. The maximum atomic E-state index is 12.4. The van der Waals surface area contributed by atoms with E-state index in [0.29, 0.717) is 11.8 Å². The van der Waals surface area contributed by atoms with Crippen molar-refractivity contribution in [1.29, 1.82) is 0 Å². The van der Waals surface area contributed by atoms with E-state index in [1.165, 1.54) is 25.7 Å². The summed E-state index contributed by atoms with van der Waals surface area (Å²) < 4.78 is 0. The van der Waals surface area contributed by atoms with Crippen LogP contribution >= 0.6 is 12.4 Å². The lowest BCUT2D eigenvalue weighted by molar-refractivity contribution is -0.134. The molecule has 1 rings (SSSR count). The van der Waals surface area contributed by atoms with Gasteiger partial charge < -0.3 is 10.2 Å². The normalized spacial score (nSPS) is 19.4. The molecule has 0 spiro atoms. The molecule has 4 heteroatoms. The van der Waals surface area contributed by atoms with Crippen molar-refractivity contribution >= 4 is 18.3 Å². The summed E-state index contributed by atoms with van der Waals surface area (Å²) in [5, 5.41) is 3.35. The second-order valence-corrected chi connectivity index (χ2v) is 5.06. The molecule has 1 fully saturated rings. The average Bonchev–Trinajstić information content (AvgIpc) is 2.40. The Morgan fingerprint density at radius 2 is 1.94 bits per heavy atom. The number of likely N-dealkylation sites (N-methyl/N-ethyl adjacent to an activating group) is 1. The Balaban J connectivity index is 0.00000289. The predicted molar refractivity (Wildman–Crippen MR) is 79.2 cm³/mol. The van der Waals surface area contributed by atoms with E-state index in [-0.39, 0.29) is 18.4 Å². The summed E-state index contributed by atoms with van der Waals surface area (Å²) >= 11 is 0. The van der Waals surface area contributed by atoms with E-state index in [1.54, 1.807) is 0 Å². The highest BCUT2D eigenvalue weighted by Gasteiger charge is 2.25. The lowest BCUT2D eigenvalue weighted by Gasteiger charge is -2.31. The molecule has 0 saturated carbocycles. The van der Waals surface area contributed by atoms with Crippen molar-refractivity contribution in [2.24, 2.45) is 5.92 Å². The summed E-state index contributed by atoms with van der Waals surface area (Å²) in [6.45, 7) is 9.28. The molecule has 1 heterocycles. The second kappa shape index (κ2) is 9.62. The fraction of sp³-hybridized carbons (Fsp3) is 0.929. The lowest BCUT2D eigenvalue weighted by atomic mass is 10.0. The van der Waals surface area contributed by atoms with Gasteiger partial charge in [-0.15, -0.1) is 12.4 Å². The standard InChI is InChI=1S/C14H28N2O.ClH/c1-4-12(5-2)11-16(6-3)14(17)13-9-7-8-10-15-13;/h12-13,15H,4-11H2,1-3H3;1H. The molecule has 1 atom stereocenters. The Kier molecular flexibility index (Phi) is 9.47. The van der Waals surface area contributed by atoms with Crippen molar-refractivity contribution in [3.8, 4) is 0 Å². The van der Waals surface area contributed by atoms with Gasteiger partial charge in [0.15, 0.2) is 0 Å². The van der Waals surface area contributed by atoms with Crippen LogP contribution in [0.1, 0.15) is 52.9 Å². The second-order valence-electron chi connectivity index (χ2n) is 5.06. The molecule has 0 radical (unpaired) electrons. The molecule has 0 aliphatic carbocycles. The quantitative estimate of drug-likeness (QED) is 0.809. The van der Waals surface area contributed by atoms with Crippen LogP contribution in [0.5, 0.6) is 0 Å². The van der Waals surface area contributed by atoms with Gasteiger partial charge in [-0.3, -0.25) is 4.79 Å². The fourth-order valence-corrected chi connectivity index (χ4v) is 2.52. The average molecular weight is 277 g/mol. The van der Waals surface area contributed by atoms with Crippen molar-refractivity contribution in [3.05, 3.63) is 0 Å². The monoisotopic (exact) mass is 276 g/mol. The Morgan fingerprint density at radius 1 is 1.28 bits per heavy atom. The van der Waals surface area contributed by atoms with Gasteiger partial charge >= 0.3 is 0 Å². The first-order valence-electron chi connectivity index (χ1n) is 7.25. The Bertz CT molecular complexity index is 226. The third-order valence-corrected chi connectivity index (χ3v) is 3.94. The summed E-state index contributed by atoms with van der Waals surface area (Å²) in [5.74, 6) is 0.974. The minimum Gasteiger partial charge on any atom is -0.341 e. The number of halogens is 1. The summed E-state index contributed by atoms with van der Waals surface area (Å²) in [6, 6.07) is 0.0815. The summed E-state index contributed by atoms with van der Waals surface area (Å²) in [6.07, 6.45) is 5.74. The molecule has 1 N–H and O–H groups in total. The van der Waals surface area contributed by atoms with Crippen molar-refractivity contribution in [2.45, 2.75) is 58.9 Å². The smallest absolute Gasteiger partial charge is 0.239 e. The molecule has 1 aliphatic rings. The molecular weight excluding hydrogens is 248 g/mol. The minimum absolute atomic E-state index is 0. The lowest BCUT2D eigenvalue weighted by Crippen LogP contribution is -2.49. The molecule has 1 saturated heterocycles. The van der Waals surface area contributed by atoms with Gasteiger partial charge in [0.2, 0.25) is 5.91 Å². The first kappa shape index (κ1) is 17.7. The number of piperidine rings is 1. The molecular formula is C14H29ClN2O. The largest absolute Gasteiger partial charge is 0.341 e. The van der Waals surface area contributed by atoms with Crippen LogP contribution in [0.2, 0.25) is 0 Å². The van der Waals surface area contributed by atoms with Gasteiger partial charge in [0.25, 0.3) is 0 Å². The zero-order valence-corrected chi connectivity index (χ0v) is 12.9. The van der Waals surface area contributed by atoms with Gasteiger partial charge in [-0.1, -0.05) is 33.1 Å². The van der Waals surface area contributed by atoms with Gasteiger partial charge in [-0.05, 0) is 32.2 Å². The van der Waals surface area contributed by atoms with Crippen LogP contribution in [0, 0.1) is 5.92 Å². The number of carbonyl (C=O) groups is 1. The number of nitrogens with one attached hydrogen (secondary N) is 1. The number of hydrogen-bond donors (Lipinski definition) is 1. The van der Waals surface area contributed by atoms with Gasteiger partial charge in [-0.25, -0.2) is 0 Å². The molecule has 3 nitrogen and oxygen atoms in total. The molecule has 108 valence electrons. The van der Waals surface area contributed by atoms with E-state index in [1.807, 2.05) is 4.90 Å². The third-order valence-electron chi connectivity index (χ3n) is 3.94. The summed E-state index contributed by atoms with van der Waals surface area (Å²) in [4.78, 5) is 14.4. The van der Waals surface area contributed by atoms with Crippen molar-refractivity contribution in [2.75, 3.05) is 19.6 Å². The van der Waals surface area contributed by atoms with Gasteiger partial charge in [0.05, 0.1) is 6.04 Å². The van der Waals surface area contributed by atoms with Crippen LogP contribution in [-0.4, -0.2) is 36.5 Å². The van der Waals surface area contributed by atoms with E-state index in [2.05, 4.69) is 26.1 Å². The van der Waals surface area contributed by atoms with Crippen molar-refractivity contribution < 1.29 is 4.79 Å². The number of hydrogen-bond acceptors (Lipinski definition) is 2. The van der Waals surface area contributed by atoms with Gasteiger partial charge in [0, 0.05) is 13.1 Å². The summed E-state index contributed by atoms with van der Waals surface area (Å²) in [5.41, 5.74) is 0. The zero-order chi connectivity index (χ0) is 12.7. The molecule has 1 aliphatic heterocycles. The molecule has 18 heavy (non-hydrogen) atoms. The summed E-state index contributed by atoms with van der Waals surface area (Å²) in [7, 11) is 0. The molecule has 1 amide bonds. The Labute approximate surface area is 118 Å². The Morgan fingerprint density at radius 3 is 2.39 bits per heavy atom. The molecule has 0 bridgehead atoms. The highest BCUT2D eigenvalue weighted by Crippen LogP contribution is 2.14. The molecule has 0 aromatic heterocycles. The van der Waals surface area contributed by atoms with E-state index >= 15 is 0 Å². The number of carbonyl (C=O) groups excluding carboxylic acids is 1. The topological polar surface area (TPSA) is 32.3 Å².